The Morgan fingerprint density at radius 1 is 0.923 bits per heavy atom. The Bertz CT molecular complexity index is 743. The van der Waals surface area contributed by atoms with E-state index in [1.54, 1.807) is 7.11 Å². The Hall–Kier alpha value is -2.59. The van der Waals surface area contributed by atoms with Gasteiger partial charge in [0, 0.05) is 7.11 Å². The molecule has 0 amide bonds. The normalized spacial score (nSPS) is 11.7. The molecule has 0 fully saturated rings. The van der Waals surface area contributed by atoms with Crippen LogP contribution in [0.25, 0.3) is 11.1 Å². The third-order valence-electron chi connectivity index (χ3n) is 4.02. The molecule has 0 aliphatic carbocycles. The van der Waals surface area contributed by atoms with Gasteiger partial charge < -0.3 is 14.2 Å². The second-order valence-corrected chi connectivity index (χ2v) is 5.87. The fourth-order valence-corrected chi connectivity index (χ4v) is 2.74. The molecule has 0 aliphatic heterocycles. The molecular formula is C22H26O4. The van der Waals surface area contributed by atoms with Gasteiger partial charge in [-0.15, -0.1) is 0 Å². The first-order chi connectivity index (χ1) is 12.6. The Kier molecular flexibility index (Phi) is 7.42. The molecule has 0 radical (unpaired) electrons. The van der Waals surface area contributed by atoms with E-state index in [1.807, 2.05) is 57.2 Å². The summed E-state index contributed by atoms with van der Waals surface area (Å²) in [5.74, 6) is 0.377. The van der Waals surface area contributed by atoms with Gasteiger partial charge in [0.05, 0.1) is 12.2 Å². The maximum Gasteiger partial charge on any atom is 0.339 e. The van der Waals surface area contributed by atoms with Crippen LogP contribution in [0.1, 0.15) is 37.0 Å². The zero-order valence-electron chi connectivity index (χ0n) is 15.9. The molecule has 0 bridgehead atoms. The van der Waals surface area contributed by atoms with Gasteiger partial charge in [0.25, 0.3) is 0 Å². The lowest BCUT2D eigenvalue weighted by Gasteiger charge is -2.15. The quantitative estimate of drug-likeness (QED) is 0.294. The molecule has 26 heavy (non-hydrogen) atoms. The molecule has 0 aromatic heterocycles. The number of esters is 1. The van der Waals surface area contributed by atoms with E-state index in [2.05, 4.69) is 12.1 Å². The Morgan fingerprint density at radius 2 is 1.54 bits per heavy atom. The molecule has 0 aliphatic rings. The van der Waals surface area contributed by atoms with Crippen LogP contribution in [0.4, 0.5) is 0 Å². The molecule has 0 unspecified atom stereocenters. The molecule has 0 saturated heterocycles. The summed E-state index contributed by atoms with van der Waals surface area (Å²) in [5, 5.41) is 0. The molecule has 2 rings (SSSR count). The minimum absolute atomic E-state index is 0.184. The van der Waals surface area contributed by atoms with E-state index in [4.69, 9.17) is 14.2 Å². The Morgan fingerprint density at radius 3 is 2.08 bits per heavy atom. The van der Waals surface area contributed by atoms with Crippen LogP contribution >= 0.6 is 0 Å². The average molecular weight is 354 g/mol. The van der Waals surface area contributed by atoms with Gasteiger partial charge in [0.2, 0.25) is 0 Å². The number of methoxy groups -OCH3 is 1. The Labute approximate surface area is 155 Å². The third-order valence-corrected chi connectivity index (χ3v) is 4.02. The van der Waals surface area contributed by atoms with E-state index in [1.165, 1.54) is 5.56 Å². The number of benzene rings is 2. The SMILES string of the molecule is CCOC(=O)/C(=C(\CC)c1ccc(C)cc1)c1ccc(OCOC)cc1. The van der Waals surface area contributed by atoms with Gasteiger partial charge in [-0.2, -0.15) is 0 Å². The third kappa shape index (κ3) is 4.96. The molecule has 0 saturated carbocycles. The number of carbonyl (C=O) groups excluding carboxylic acids is 1. The number of carbonyl (C=O) groups is 1. The minimum Gasteiger partial charge on any atom is -0.468 e. The molecule has 0 atom stereocenters. The summed E-state index contributed by atoms with van der Waals surface area (Å²) in [6.45, 7) is 6.43. The summed E-state index contributed by atoms with van der Waals surface area (Å²) in [6, 6.07) is 15.6. The minimum atomic E-state index is -0.310. The first-order valence-electron chi connectivity index (χ1n) is 8.80. The van der Waals surface area contributed by atoms with Crippen LogP contribution in [-0.2, 0) is 14.3 Å². The smallest absolute Gasteiger partial charge is 0.339 e. The van der Waals surface area contributed by atoms with Crippen molar-refractivity contribution in [2.45, 2.75) is 27.2 Å². The van der Waals surface area contributed by atoms with Crippen molar-refractivity contribution in [3.8, 4) is 5.75 Å². The standard InChI is InChI=1S/C22H26O4/c1-5-20(17-9-7-16(3)8-10-17)21(22(23)25-6-2)18-11-13-19(14-12-18)26-15-24-4/h7-14H,5-6,15H2,1-4H3/b21-20+. The summed E-state index contributed by atoms with van der Waals surface area (Å²) in [6.07, 6.45) is 0.721. The van der Waals surface area contributed by atoms with E-state index in [-0.39, 0.29) is 12.8 Å². The first kappa shape index (κ1) is 19.7. The van der Waals surface area contributed by atoms with Crippen molar-refractivity contribution in [3.63, 3.8) is 0 Å². The van der Waals surface area contributed by atoms with Crippen LogP contribution in [0.15, 0.2) is 48.5 Å². The van der Waals surface area contributed by atoms with Gasteiger partial charge >= 0.3 is 5.97 Å². The Balaban J connectivity index is 2.50. The zero-order chi connectivity index (χ0) is 18.9. The number of hydrogen-bond donors (Lipinski definition) is 0. The van der Waals surface area contributed by atoms with E-state index in [0.29, 0.717) is 17.9 Å². The summed E-state index contributed by atoms with van der Waals surface area (Å²) in [4.78, 5) is 12.7. The van der Waals surface area contributed by atoms with Gasteiger partial charge in [0.15, 0.2) is 6.79 Å². The maximum absolute atomic E-state index is 12.7. The van der Waals surface area contributed by atoms with Gasteiger partial charge in [0.1, 0.15) is 5.75 Å². The van der Waals surface area contributed by atoms with Crippen LogP contribution in [0, 0.1) is 6.92 Å². The van der Waals surface area contributed by atoms with E-state index in [0.717, 1.165) is 23.1 Å². The topological polar surface area (TPSA) is 44.8 Å². The molecule has 0 heterocycles. The van der Waals surface area contributed by atoms with Crippen molar-refractivity contribution in [1.82, 2.24) is 0 Å². The van der Waals surface area contributed by atoms with Crippen LogP contribution < -0.4 is 4.74 Å². The number of aryl methyl sites for hydroxylation is 1. The molecule has 4 nitrogen and oxygen atoms in total. The average Bonchev–Trinajstić information content (AvgIpc) is 2.66. The highest BCUT2D eigenvalue weighted by molar-refractivity contribution is 6.24. The summed E-state index contributed by atoms with van der Waals surface area (Å²) in [5.41, 5.74) is 4.58. The first-order valence-corrected chi connectivity index (χ1v) is 8.80. The van der Waals surface area contributed by atoms with Crippen LogP contribution in [0.3, 0.4) is 0 Å². The molecule has 4 heteroatoms. The predicted molar refractivity (Wildman–Crippen MR) is 104 cm³/mol. The fraction of sp³-hybridized carbons (Fsp3) is 0.318. The largest absolute Gasteiger partial charge is 0.468 e. The van der Waals surface area contributed by atoms with E-state index < -0.39 is 0 Å². The van der Waals surface area contributed by atoms with Gasteiger partial charge in [-0.3, -0.25) is 0 Å². The molecular weight excluding hydrogens is 328 g/mol. The number of ether oxygens (including phenoxy) is 3. The second-order valence-electron chi connectivity index (χ2n) is 5.87. The van der Waals surface area contributed by atoms with E-state index in [9.17, 15) is 4.79 Å². The lowest BCUT2D eigenvalue weighted by atomic mass is 9.92. The van der Waals surface area contributed by atoms with Gasteiger partial charge in [-0.25, -0.2) is 4.79 Å². The van der Waals surface area contributed by atoms with Crippen LogP contribution in [0.2, 0.25) is 0 Å². The lowest BCUT2D eigenvalue weighted by molar-refractivity contribution is -0.136. The second kappa shape index (κ2) is 9.78. The molecule has 0 spiro atoms. The number of hydrogen-bond acceptors (Lipinski definition) is 4. The molecule has 138 valence electrons. The van der Waals surface area contributed by atoms with Crippen LogP contribution in [0.5, 0.6) is 5.75 Å². The molecule has 0 N–H and O–H groups in total. The van der Waals surface area contributed by atoms with Gasteiger partial charge in [-0.05, 0) is 49.1 Å². The number of rotatable bonds is 8. The highest BCUT2D eigenvalue weighted by Gasteiger charge is 2.19. The predicted octanol–water partition coefficient (Wildman–Crippen LogP) is 4.86. The molecule has 2 aromatic carbocycles. The highest BCUT2D eigenvalue weighted by Crippen LogP contribution is 2.31. The summed E-state index contributed by atoms with van der Waals surface area (Å²) in [7, 11) is 1.57. The van der Waals surface area contributed by atoms with Crippen molar-refractivity contribution < 1.29 is 19.0 Å². The molecule has 2 aromatic rings. The summed E-state index contributed by atoms with van der Waals surface area (Å²) < 4.78 is 15.7. The van der Waals surface area contributed by atoms with Crippen molar-refractivity contribution in [2.75, 3.05) is 20.5 Å². The lowest BCUT2D eigenvalue weighted by Crippen LogP contribution is -2.09. The van der Waals surface area contributed by atoms with Crippen molar-refractivity contribution in [1.29, 1.82) is 0 Å². The van der Waals surface area contributed by atoms with Crippen molar-refractivity contribution in [3.05, 3.63) is 65.2 Å². The van der Waals surface area contributed by atoms with Gasteiger partial charge in [-0.1, -0.05) is 48.9 Å². The number of allylic oxidation sites excluding steroid dienone is 1. The zero-order valence-corrected chi connectivity index (χ0v) is 15.9. The fourth-order valence-electron chi connectivity index (χ4n) is 2.74. The maximum atomic E-state index is 12.7. The van der Waals surface area contributed by atoms with Crippen molar-refractivity contribution in [2.24, 2.45) is 0 Å². The van der Waals surface area contributed by atoms with E-state index >= 15 is 0 Å². The highest BCUT2D eigenvalue weighted by atomic mass is 16.7. The summed E-state index contributed by atoms with van der Waals surface area (Å²) >= 11 is 0. The van der Waals surface area contributed by atoms with Crippen molar-refractivity contribution >= 4 is 17.1 Å². The monoisotopic (exact) mass is 354 g/mol. The van der Waals surface area contributed by atoms with Crippen LogP contribution in [-0.4, -0.2) is 26.5 Å².